The molecule has 0 aliphatic carbocycles. The van der Waals surface area contributed by atoms with Crippen molar-refractivity contribution in [2.24, 2.45) is 0 Å². The maximum atomic E-state index is 13.3. The molecule has 0 saturated carbocycles. The number of hydrogen-bond acceptors (Lipinski definition) is 8. The lowest BCUT2D eigenvalue weighted by molar-refractivity contribution is -0.119. The van der Waals surface area contributed by atoms with Gasteiger partial charge in [-0.1, -0.05) is 24.3 Å². The van der Waals surface area contributed by atoms with Crippen molar-refractivity contribution in [3.8, 4) is 27.8 Å². The Labute approximate surface area is 215 Å². The number of aryl methyl sites for hydroxylation is 1. The van der Waals surface area contributed by atoms with Crippen molar-refractivity contribution in [3.05, 3.63) is 83.4 Å². The number of hydrogen-bond donors (Lipinski definition) is 1. The van der Waals surface area contributed by atoms with Crippen LogP contribution in [0.15, 0.2) is 72.1 Å². The van der Waals surface area contributed by atoms with E-state index in [2.05, 4.69) is 10.4 Å². The van der Waals surface area contributed by atoms with E-state index >= 15 is 0 Å². The molecule has 6 rings (SSSR count). The SMILES string of the molecule is Cc1nn(-c2ccccc2)c2nc(-c3cccs3)cc(C(=O)OCC(=O)Nc3ccc4c(c3)OCO4)c12. The summed E-state index contributed by atoms with van der Waals surface area (Å²) in [7, 11) is 0. The number of esters is 1. The van der Waals surface area contributed by atoms with Crippen LogP contribution in [0.1, 0.15) is 16.1 Å². The molecule has 0 spiro atoms. The smallest absolute Gasteiger partial charge is 0.339 e. The molecule has 9 nitrogen and oxygen atoms in total. The summed E-state index contributed by atoms with van der Waals surface area (Å²) < 4.78 is 17.8. The van der Waals surface area contributed by atoms with E-state index in [4.69, 9.17) is 19.2 Å². The molecule has 4 heterocycles. The molecule has 1 amide bonds. The number of carbonyl (C=O) groups excluding carboxylic acids is 2. The van der Waals surface area contributed by atoms with Gasteiger partial charge in [-0.3, -0.25) is 4.79 Å². The van der Waals surface area contributed by atoms with Crippen molar-refractivity contribution in [1.82, 2.24) is 14.8 Å². The number of ether oxygens (including phenoxy) is 3. The summed E-state index contributed by atoms with van der Waals surface area (Å²) in [4.78, 5) is 31.6. The maximum Gasteiger partial charge on any atom is 0.339 e. The molecule has 5 aromatic rings. The van der Waals surface area contributed by atoms with Gasteiger partial charge in [0.05, 0.1) is 32.9 Å². The highest BCUT2D eigenvalue weighted by Crippen LogP contribution is 2.34. The molecule has 0 bridgehead atoms. The van der Waals surface area contributed by atoms with E-state index in [0.717, 1.165) is 10.6 Å². The quantitative estimate of drug-likeness (QED) is 0.320. The Morgan fingerprint density at radius 1 is 1.05 bits per heavy atom. The third-order valence-corrected chi connectivity index (χ3v) is 6.69. The molecule has 0 radical (unpaired) electrons. The number of carbonyl (C=O) groups is 2. The van der Waals surface area contributed by atoms with Gasteiger partial charge >= 0.3 is 5.97 Å². The fraction of sp³-hybridized carbons (Fsp3) is 0.111. The molecule has 0 unspecified atom stereocenters. The summed E-state index contributed by atoms with van der Waals surface area (Å²) in [6, 6.07) is 20.2. The van der Waals surface area contributed by atoms with Gasteiger partial charge in [-0.25, -0.2) is 14.5 Å². The first-order valence-electron chi connectivity index (χ1n) is 11.4. The molecule has 0 saturated heterocycles. The summed E-state index contributed by atoms with van der Waals surface area (Å²) in [6.45, 7) is 1.49. The zero-order chi connectivity index (χ0) is 25.4. The van der Waals surface area contributed by atoms with Crippen LogP contribution in [0.5, 0.6) is 11.5 Å². The highest BCUT2D eigenvalue weighted by atomic mass is 32.1. The summed E-state index contributed by atoms with van der Waals surface area (Å²) in [5.74, 6) is 0.0366. The average molecular weight is 513 g/mol. The van der Waals surface area contributed by atoms with E-state index in [1.54, 1.807) is 28.9 Å². The number of nitrogens with one attached hydrogen (secondary N) is 1. The van der Waals surface area contributed by atoms with Crippen molar-refractivity contribution < 1.29 is 23.8 Å². The summed E-state index contributed by atoms with van der Waals surface area (Å²) in [5, 5.41) is 9.88. The lowest BCUT2D eigenvalue weighted by atomic mass is 10.1. The standard InChI is InChI=1S/C27H20N4O5S/c1-16-25-19(27(33)34-14-24(32)28-17-9-10-21-22(12-17)36-15-35-21)13-20(23-8-5-11-37-23)29-26(25)31(30-16)18-6-3-2-4-7-18/h2-13H,14-15H2,1H3,(H,28,32). The van der Waals surface area contributed by atoms with Crippen LogP contribution >= 0.6 is 11.3 Å². The van der Waals surface area contributed by atoms with Crippen LogP contribution in [0.3, 0.4) is 0 Å². The van der Waals surface area contributed by atoms with Gasteiger partial charge in [-0.2, -0.15) is 5.10 Å². The van der Waals surface area contributed by atoms with Crippen LogP contribution < -0.4 is 14.8 Å². The zero-order valence-electron chi connectivity index (χ0n) is 19.6. The number of anilines is 1. The monoisotopic (exact) mass is 512 g/mol. The molecule has 0 fully saturated rings. The Morgan fingerprint density at radius 3 is 2.70 bits per heavy atom. The topological polar surface area (TPSA) is 105 Å². The molecular weight excluding hydrogens is 492 g/mol. The number of rotatable bonds is 6. The Kier molecular flexibility index (Phi) is 5.78. The van der Waals surface area contributed by atoms with E-state index < -0.39 is 18.5 Å². The predicted octanol–water partition coefficient (Wildman–Crippen LogP) is 4.98. The maximum absolute atomic E-state index is 13.3. The number of benzene rings is 2. The van der Waals surface area contributed by atoms with Crippen molar-refractivity contribution in [2.45, 2.75) is 6.92 Å². The van der Waals surface area contributed by atoms with E-state index in [-0.39, 0.29) is 6.79 Å². The van der Waals surface area contributed by atoms with E-state index in [1.807, 2.05) is 54.8 Å². The molecule has 1 aliphatic rings. The molecule has 10 heteroatoms. The predicted molar refractivity (Wildman–Crippen MR) is 138 cm³/mol. The summed E-state index contributed by atoms with van der Waals surface area (Å²) in [6.07, 6.45) is 0. The first kappa shape index (κ1) is 22.7. The van der Waals surface area contributed by atoms with Crippen LogP contribution in [0.2, 0.25) is 0 Å². The molecule has 1 N–H and O–H groups in total. The lowest BCUT2D eigenvalue weighted by Crippen LogP contribution is -2.21. The Bertz CT molecular complexity index is 1630. The van der Waals surface area contributed by atoms with E-state index in [9.17, 15) is 9.59 Å². The van der Waals surface area contributed by atoms with Gasteiger partial charge in [0, 0.05) is 11.8 Å². The number of thiophene rings is 1. The third kappa shape index (κ3) is 4.38. The van der Waals surface area contributed by atoms with Gasteiger partial charge in [-0.05, 0) is 48.7 Å². The number of pyridine rings is 1. The Morgan fingerprint density at radius 2 is 1.89 bits per heavy atom. The van der Waals surface area contributed by atoms with Crippen LogP contribution in [0, 0.1) is 6.92 Å². The Hall–Kier alpha value is -4.70. The van der Waals surface area contributed by atoms with Gasteiger partial charge in [0.15, 0.2) is 23.8 Å². The fourth-order valence-corrected chi connectivity index (χ4v) is 4.82. The number of nitrogens with zero attached hydrogens (tertiary/aromatic N) is 3. The van der Waals surface area contributed by atoms with Crippen LogP contribution in [-0.4, -0.2) is 40.0 Å². The molecule has 2 aromatic carbocycles. The number of para-hydroxylation sites is 1. The van der Waals surface area contributed by atoms with E-state index in [1.165, 1.54) is 11.3 Å². The van der Waals surface area contributed by atoms with Gasteiger partial charge in [-0.15, -0.1) is 11.3 Å². The molecule has 0 atom stereocenters. The molecular formula is C27H20N4O5S. The highest BCUT2D eigenvalue weighted by Gasteiger charge is 2.23. The average Bonchev–Trinajstić information content (AvgIpc) is 3.68. The molecule has 3 aromatic heterocycles. The van der Waals surface area contributed by atoms with Gasteiger partial charge in [0.25, 0.3) is 5.91 Å². The number of fused-ring (bicyclic) bond motifs is 2. The molecule has 37 heavy (non-hydrogen) atoms. The van der Waals surface area contributed by atoms with E-state index in [0.29, 0.717) is 45.2 Å². The lowest BCUT2D eigenvalue weighted by Gasteiger charge is -2.10. The zero-order valence-corrected chi connectivity index (χ0v) is 20.5. The van der Waals surface area contributed by atoms with Crippen molar-refractivity contribution in [2.75, 3.05) is 18.7 Å². The minimum absolute atomic E-state index is 0.137. The second kappa shape index (κ2) is 9.40. The molecule has 1 aliphatic heterocycles. The van der Waals surface area contributed by atoms with Crippen molar-refractivity contribution in [3.63, 3.8) is 0 Å². The first-order chi connectivity index (χ1) is 18.1. The first-order valence-corrected chi connectivity index (χ1v) is 12.3. The van der Waals surface area contributed by atoms with Crippen molar-refractivity contribution >= 4 is 39.9 Å². The van der Waals surface area contributed by atoms with Gasteiger partial charge in [0.1, 0.15) is 0 Å². The number of aromatic nitrogens is 3. The highest BCUT2D eigenvalue weighted by molar-refractivity contribution is 7.13. The number of amides is 1. The second-order valence-electron chi connectivity index (χ2n) is 8.26. The normalized spacial score (nSPS) is 12.0. The summed E-state index contributed by atoms with van der Waals surface area (Å²) >= 11 is 1.51. The minimum atomic E-state index is -0.637. The summed E-state index contributed by atoms with van der Waals surface area (Å²) in [5.41, 5.74) is 3.41. The van der Waals surface area contributed by atoms with Crippen LogP contribution in [0.25, 0.3) is 27.3 Å². The Balaban J connectivity index is 1.30. The van der Waals surface area contributed by atoms with Gasteiger partial charge in [0.2, 0.25) is 6.79 Å². The second-order valence-corrected chi connectivity index (χ2v) is 9.20. The molecule has 184 valence electrons. The van der Waals surface area contributed by atoms with Crippen molar-refractivity contribution in [1.29, 1.82) is 0 Å². The fourth-order valence-electron chi connectivity index (χ4n) is 4.13. The van der Waals surface area contributed by atoms with Crippen LogP contribution in [0.4, 0.5) is 5.69 Å². The third-order valence-electron chi connectivity index (χ3n) is 5.80. The van der Waals surface area contributed by atoms with Crippen LogP contribution in [-0.2, 0) is 9.53 Å². The van der Waals surface area contributed by atoms with Gasteiger partial charge < -0.3 is 19.5 Å². The largest absolute Gasteiger partial charge is 0.454 e. The minimum Gasteiger partial charge on any atom is -0.454 e.